The van der Waals surface area contributed by atoms with Gasteiger partial charge in [0, 0.05) is 29.9 Å². The van der Waals surface area contributed by atoms with Crippen LogP contribution in [0, 0.1) is 13.8 Å². The standard InChI is InChI=1S/C25H31N7O.C17H15ClN6/c1-15(2)32-10-8-19(9-11-32)33-25-21-16(3)6-5-7-18(21)12-20(31-25)17(4)30-24-22-23(27-13-26-22)28-14-29-24;1-9-4-3-5-11-6-12(24-15(18)13(9)11)10(2)23-17-14-16(20-7-19-14)21-8-22-17/h5-7,12-15,17,19H,8-11H2,1-4H3,(H2,26,27,28,29,30);3-8,10H,1-2H3,(H2,19,20,21,22,23)/t17-;10-/m00/s1. The van der Waals surface area contributed by atoms with Gasteiger partial charge in [0.05, 0.1) is 36.1 Å². The number of aromatic nitrogens is 10. The van der Waals surface area contributed by atoms with Crippen molar-refractivity contribution in [3.05, 3.63) is 102 Å². The maximum absolute atomic E-state index is 6.57. The van der Waals surface area contributed by atoms with Crippen LogP contribution in [-0.4, -0.2) is 80.0 Å². The van der Waals surface area contributed by atoms with Gasteiger partial charge in [0.2, 0.25) is 5.88 Å². The maximum atomic E-state index is 6.57. The summed E-state index contributed by atoms with van der Waals surface area (Å²) in [4.78, 5) is 43.6. The molecule has 292 valence electrons. The molecule has 15 heteroatoms. The molecule has 2 atom stereocenters. The summed E-state index contributed by atoms with van der Waals surface area (Å²) in [6.45, 7) is 14.9. The Labute approximate surface area is 335 Å². The van der Waals surface area contributed by atoms with Crippen LogP contribution in [-0.2, 0) is 0 Å². The molecule has 0 aliphatic carbocycles. The van der Waals surface area contributed by atoms with E-state index in [4.69, 9.17) is 21.3 Å². The molecule has 0 bridgehead atoms. The van der Waals surface area contributed by atoms with Crippen molar-refractivity contribution in [2.24, 2.45) is 0 Å². The van der Waals surface area contributed by atoms with Crippen molar-refractivity contribution in [2.45, 2.75) is 78.6 Å². The predicted octanol–water partition coefficient (Wildman–Crippen LogP) is 8.67. The molecule has 6 aromatic heterocycles. The number of nitrogens with one attached hydrogen (secondary N) is 4. The zero-order valence-corrected chi connectivity index (χ0v) is 33.6. The van der Waals surface area contributed by atoms with E-state index in [-0.39, 0.29) is 18.2 Å². The first-order chi connectivity index (χ1) is 27.6. The average Bonchev–Trinajstić information content (AvgIpc) is 3.90. The quantitative estimate of drug-likeness (QED) is 0.103. The number of anilines is 2. The first kappa shape index (κ1) is 37.9. The number of hydrogen-bond acceptors (Lipinski definition) is 12. The Kier molecular flexibility index (Phi) is 10.8. The summed E-state index contributed by atoms with van der Waals surface area (Å²) in [6, 6.07) is 17.0. The summed E-state index contributed by atoms with van der Waals surface area (Å²) in [6.07, 6.45) is 8.45. The minimum atomic E-state index is -0.0820. The van der Waals surface area contributed by atoms with Gasteiger partial charge >= 0.3 is 0 Å². The second-order valence-corrected chi connectivity index (χ2v) is 15.2. The number of ether oxygens (including phenoxy) is 1. The van der Waals surface area contributed by atoms with Crippen molar-refractivity contribution in [1.29, 1.82) is 0 Å². The van der Waals surface area contributed by atoms with E-state index in [0.717, 1.165) is 81.3 Å². The minimum absolute atomic E-state index is 0.0752. The lowest BCUT2D eigenvalue weighted by molar-refractivity contribution is 0.0822. The fraction of sp³-hybridized carbons (Fsp3) is 0.333. The molecular formula is C42H46ClN13O. The Balaban J connectivity index is 0.000000168. The molecule has 1 saturated heterocycles. The van der Waals surface area contributed by atoms with Gasteiger partial charge in [-0.2, -0.15) is 0 Å². The number of fused-ring (bicyclic) bond motifs is 4. The van der Waals surface area contributed by atoms with Crippen LogP contribution < -0.4 is 15.4 Å². The van der Waals surface area contributed by atoms with Crippen molar-refractivity contribution in [3.63, 3.8) is 0 Å². The largest absolute Gasteiger partial charge is 0.474 e. The summed E-state index contributed by atoms with van der Waals surface area (Å²) in [7, 11) is 0. The van der Waals surface area contributed by atoms with Crippen LogP contribution in [0.5, 0.6) is 5.88 Å². The normalized spacial score (nSPS) is 14.9. The molecule has 8 aromatic rings. The number of aromatic amines is 2. The molecule has 0 saturated carbocycles. The Hall–Kier alpha value is -5.99. The lowest BCUT2D eigenvalue weighted by atomic mass is 10.0. The lowest BCUT2D eigenvalue weighted by Gasteiger charge is -2.34. The van der Waals surface area contributed by atoms with Gasteiger partial charge in [0.1, 0.15) is 34.9 Å². The molecule has 4 N–H and O–H groups in total. The zero-order chi connectivity index (χ0) is 39.6. The molecule has 0 spiro atoms. The number of imidazole rings is 2. The van der Waals surface area contributed by atoms with E-state index in [1.807, 2.05) is 32.0 Å². The first-order valence-corrected chi connectivity index (χ1v) is 19.7. The topological polar surface area (TPSA) is 171 Å². The van der Waals surface area contributed by atoms with Gasteiger partial charge in [0.25, 0.3) is 0 Å². The van der Waals surface area contributed by atoms with Gasteiger partial charge in [0.15, 0.2) is 22.9 Å². The van der Waals surface area contributed by atoms with Crippen molar-refractivity contribution in [3.8, 4) is 5.88 Å². The van der Waals surface area contributed by atoms with Crippen LogP contribution in [0.15, 0.2) is 73.8 Å². The van der Waals surface area contributed by atoms with Crippen molar-refractivity contribution in [2.75, 3.05) is 23.7 Å². The second kappa shape index (κ2) is 16.2. The number of halogens is 1. The molecule has 57 heavy (non-hydrogen) atoms. The van der Waals surface area contributed by atoms with E-state index in [1.165, 1.54) is 18.2 Å². The highest BCUT2D eigenvalue weighted by Gasteiger charge is 2.24. The highest BCUT2D eigenvalue weighted by Crippen LogP contribution is 2.33. The van der Waals surface area contributed by atoms with E-state index in [9.17, 15) is 0 Å². The highest BCUT2D eigenvalue weighted by molar-refractivity contribution is 6.34. The van der Waals surface area contributed by atoms with Gasteiger partial charge in [-0.3, -0.25) is 0 Å². The molecule has 9 rings (SSSR count). The van der Waals surface area contributed by atoms with Crippen LogP contribution in [0.3, 0.4) is 0 Å². The molecule has 7 heterocycles. The second-order valence-electron chi connectivity index (χ2n) is 14.9. The average molecular weight is 784 g/mol. The maximum Gasteiger partial charge on any atom is 0.222 e. The monoisotopic (exact) mass is 783 g/mol. The number of likely N-dealkylation sites (tertiary alicyclic amines) is 1. The zero-order valence-electron chi connectivity index (χ0n) is 32.9. The SMILES string of the molecule is Cc1cccc2cc([C@H](C)Nc3ncnc4nc[nH]c34)nc(Cl)c12.Cc1cccc2cc([C@H](C)Nc3ncnc4nc[nH]c34)nc(OC3CCN(C(C)C)CC3)c12. The summed E-state index contributed by atoms with van der Waals surface area (Å²) >= 11 is 6.41. The van der Waals surface area contributed by atoms with Crippen LogP contribution in [0.4, 0.5) is 11.6 Å². The van der Waals surface area contributed by atoms with Crippen LogP contribution in [0.25, 0.3) is 43.9 Å². The molecule has 1 fully saturated rings. The number of pyridine rings is 2. The van der Waals surface area contributed by atoms with Crippen molar-refractivity contribution in [1.82, 2.24) is 54.7 Å². The lowest BCUT2D eigenvalue weighted by Crippen LogP contribution is -2.41. The van der Waals surface area contributed by atoms with Gasteiger partial charge in [-0.05, 0) is 88.4 Å². The molecule has 0 unspecified atom stereocenters. The minimum Gasteiger partial charge on any atom is -0.474 e. The van der Waals surface area contributed by atoms with Crippen LogP contribution >= 0.6 is 11.6 Å². The predicted molar refractivity (Wildman–Crippen MR) is 226 cm³/mol. The van der Waals surface area contributed by atoms with E-state index in [2.05, 4.69) is 118 Å². The van der Waals surface area contributed by atoms with Gasteiger partial charge in [-0.15, -0.1) is 0 Å². The Morgan fingerprint density at radius 1 is 0.702 bits per heavy atom. The fourth-order valence-electron chi connectivity index (χ4n) is 7.42. The highest BCUT2D eigenvalue weighted by atomic mass is 35.5. The van der Waals surface area contributed by atoms with Crippen LogP contribution in [0.2, 0.25) is 5.15 Å². The third-order valence-electron chi connectivity index (χ3n) is 10.6. The molecular weight excluding hydrogens is 738 g/mol. The Morgan fingerprint density at radius 3 is 1.79 bits per heavy atom. The van der Waals surface area contributed by atoms with Crippen molar-refractivity contribution < 1.29 is 4.74 Å². The summed E-state index contributed by atoms with van der Waals surface area (Å²) < 4.78 is 6.57. The molecule has 14 nitrogen and oxygen atoms in total. The van der Waals surface area contributed by atoms with E-state index >= 15 is 0 Å². The number of benzene rings is 2. The van der Waals surface area contributed by atoms with Gasteiger partial charge in [-0.25, -0.2) is 39.9 Å². The smallest absolute Gasteiger partial charge is 0.222 e. The number of aryl methyl sites for hydroxylation is 2. The van der Waals surface area contributed by atoms with Gasteiger partial charge < -0.3 is 30.2 Å². The number of hydrogen-bond donors (Lipinski definition) is 4. The van der Waals surface area contributed by atoms with Gasteiger partial charge in [-0.1, -0.05) is 48.0 Å². The number of rotatable bonds is 9. The third-order valence-corrected chi connectivity index (χ3v) is 10.9. The Bertz CT molecular complexity index is 2670. The van der Waals surface area contributed by atoms with E-state index in [0.29, 0.717) is 34.1 Å². The number of piperidine rings is 1. The number of nitrogens with zero attached hydrogens (tertiary/aromatic N) is 9. The summed E-state index contributed by atoms with van der Waals surface area (Å²) in [5.41, 5.74) is 6.88. The molecule has 1 aliphatic rings. The molecule has 1 aliphatic heterocycles. The van der Waals surface area contributed by atoms with Crippen molar-refractivity contribution >= 4 is 67.1 Å². The third kappa shape index (κ3) is 8.00. The molecule has 2 aromatic carbocycles. The Morgan fingerprint density at radius 2 is 1.23 bits per heavy atom. The van der Waals surface area contributed by atoms with E-state index in [1.54, 1.807) is 12.7 Å². The molecule has 0 amide bonds. The number of H-pyrrole nitrogens is 2. The summed E-state index contributed by atoms with van der Waals surface area (Å²) in [5, 5.41) is 11.6. The first-order valence-electron chi connectivity index (χ1n) is 19.3. The van der Waals surface area contributed by atoms with Crippen LogP contribution in [0.1, 0.15) is 75.1 Å². The van der Waals surface area contributed by atoms with E-state index < -0.39 is 0 Å². The fourth-order valence-corrected chi connectivity index (χ4v) is 7.78. The summed E-state index contributed by atoms with van der Waals surface area (Å²) in [5.74, 6) is 2.12. The molecule has 0 radical (unpaired) electrons.